The van der Waals surface area contributed by atoms with Crippen LogP contribution in [0.4, 0.5) is 5.69 Å². The molecule has 0 aliphatic heterocycles. The molecular weight excluding hydrogens is 250 g/mol. The lowest BCUT2D eigenvalue weighted by molar-refractivity contribution is -0.142. The summed E-state index contributed by atoms with van der Waals surface area (Å²) < 4.78 is 4.89. The zero-order valence-electron chi connectivity index (χ0n) is 10.9. The zero-order valence-corrected chi connectivity index (χ0v) is 11.7. The molecule has 0 bridgehead atoms. The van der Waals surface area contributed by atoms with Gasteiger partial charge in [-0.05, 0) is 31.5 Å². The van der Waals surface area contributed by atoms with Crippen LogP contribution in [0, 0.1) is 0 Å². The van der Waals surface area contributed by atoms with Gasteiger partial charge >= 0.3 is 5.97 Å². The van der Waals surface area contributed by atoms with E-state index in [0.29, 0.717) is 13.0 Å². The van der Waals surface area contributed by atoms with Gasteiger partial charge in [-0.3, -0.25) is 4.79 Å². The lowest BCUT2D eigenvalue weighted by Gasteiger charge is -2.07. The van der Waals surface area contributed by atoms with Crippen molar-refractivity contribution < 1.29 is 9.53 Å². The SMILES string of the molecule is C=C(C)CNc1ccc(CC(=O)OCC)cc1.Cl. The molecule has 18 heavy (non-hydrogen) atoms. The third-order valence-electron chi connectivity index (χ3n) is 2.20. The molecule has 0 fully saturated rings. The van der Waals surface area contributed by atoms with Crippen molar-refractivity contribution >= 4 is 24.1 Å². The summed E-state index contributed by atoms with van der Waals surface area (Å²) in [7, 11) is 0. The van der Waals surface area contributed by atoms with E-state index in [-0.39, 0.29) is 18.4 Å². The topological polar surface area (TPSA) is 38.3 Å². The van der Waals surface area contributed by atoms with Crippen LogP contribution in [0.15, 0.2) is 36.4 Å². The third-order valence-corrected chi connectivity index (χ3v) is 2.20. The van der Waals surface area contributed by atoms with Crippen LogP contribution < -0.4 is 5.32 Å². The maximum atomic E-state index is 11.3. The van der Waals surface area contributed by atoms with Crippen molar-refractivity contribution in [3.05, 3.63) is 42.0 Å². The molecule has 0 aromatic heterocycles. The number of anilines is 1. The molecule has 1 rings (SSSR count). The fourth-order valence-electron chi connectivity index (χ4n) is 1.37. The van der Waals surface area contributed by atoms with E-state index >= 15 is 0 Å². The molecule has 0 amide bonds. The summed E-state index contributed by atoms with van der Waals surface area (Å²) in [6, 6.07) is 7.77. The van der Waals surface area contributed by atoms with E-state index in [1.165, 1.54) is 0 Å². The van der Waals surface area contributed by atoms with E-state index in [0.717, 1.165) is 23.4 Å². The van der Waals surface area contributed by atoms with Crippen molar-refractivity contribution in [2.75, 3.05) is 18.5 Å². The molecule has 1 aromatic carbocycles. The van der Waals surface area contributed by atoms with E-state index in [1.807, 2.05) is 38.1 Å². The van der Waals surface area contributed by atoms with Crippen LogP contribution in [0.5, 0.6) is 0 Å². The number of benzene rings is 1. The predicted molar refractivity (Wildman–Crippen MR) is 77.3 cm³/mol. The molecule has 1 N–H and O–H groups in total. The molecular formula is C14H20ClNO2. The first-order chi connectivity index (χ1) is 8.11. The number of rotatable bonds is 6. The maximum Gasteiger partial charge on any atom is 0.310 e. The zero-order chi connectivity index (χ0) is 12.7. The van der Waals surface area contributed by atoms with E-state index in [9.17, 15) is 4.79 Å². The Morgan fingerprint density at radius 1 is 1.33 bits per heavy atom. The van der Waals surface area contributed by atoms with Crippen LogP contribution in [0.1, 0.15) is 19.4 Å². The van der Waals surface area contributed by atoms with Crippen molar-refractivity contribution in [2.45, 2.75) is 20.3 Å². The lowest BCUT2D eigenvalue weighted by atomic mass is 10.1. The van der Waals surface area contributed by atoms with Crippen LogP contribution in [-0.4, -0.2) is 19.1 Å². The molecule has 0 saturated heterocycles. The van der Waals surface area contributed by atoms with Gasteiger partial charge in [-0.2, -0.15) is 0 Å². The first kappa shape index (κ1) is 16.5. The molecule has 0 unspecified atom stereocenters. The van der Waals surface area contributed by atoms with Gasteiger partial charge in [0.1, 0.15) is 0 Å². The summed E-state index contributed by atoms with van der Waals surface area (Å²) in [6.45, 7) is 8.80. The molecule has 0 heterocycles. The molecule has 0 aliphatic carbocycles. The summed E-state index contributed by atoms with van der Waals surface area (Å²) in [6.07, 6.45) is 0.328. The van der Waals surface area contributed by atoms with Crippen molar-refractivity contribution in [3.63, 3.8) is 0 Å². The number of nitrogens with one attached hydrogen (secondary N) is 1. The standard InChI is InChI=1S/C14H19NO2.ClH/c1-4-17-14(16)9-12-5-7-13(8-6-12)15-10-11(2)3;/h5-8,15H,2,4,9-10H2,1,3H3;1H. The highest BCUT2D eigenvalue weighted by molar-refractivity contribution is 5.85. The lowest BCUT2D eigenvalue weighted by Crippen LogP contribution is -2.07. The van der Waals surface area contributed by atoms with Gasteiger partial charge in [0.2, 0.25) is 0 Å². The summed E-state index contributed by atoms with van der Waals surface area (Å²) in [5, 5.41) is 3.23. The fraction of sp³-hybridized carbons (Fsp3) is 0.357. The van der Waals surface area contributed by atoms with Crippen molar-refractivity contribution in [2.24, 2.45) is 0 Å². The predicted octanol–water partition coefficient (Wildman–Crippen LogP) is 3.20. The summed E-state index contributed by atoms with van der Waals surface area (Å²) in [5.41, 5.74) is 3.07. The molecule has 0 aliphatic rings. The van der Waals surface area contributed by atoms with Gasteiger partial charge in [0, 0.05) is 12.2 Å². The fourth-order valence-corrected chi connectivity index (χ4v) is 1.37. The molecule has 4 heteroatoms. The Balaban J connectivity index is 0.00000289. The number of ether oxygens (including phenoxy) is 1. The molecule has 0 spiro atoms. The number of hydrogen-bond donors (Lipinski definition) is 1. The van der Waals surface area contributed by atoms with Crippen LogP contribution >= 0.6 is 12.4 Å². The first-order valence-corrected chi connectivity index (χ1v) is 5.74. The second-order valence-electron chi connectivity index (χ2n) is 3.99. The average Bonchev–Trinajstić information content (AvgIpc) is 2.28. The molecule has 100 valence electrons. The largest absolute Gasteiger partial charge is 0.466 e. The Morgan fingerprint density at radius 3 is 2.44 bits per heavy atom. The Bertz CT molecular complexity index is 387. The van der Waals surface area contributed by atoms with Crippen LogP contribution in [0.25, 0.3) is 0 Å². The van der Waals surface area contributed by atoms with E-state index < -0.39 is 0 Å². The second-order valence-corrected chi connectivity index (χ2v) is 3.99. The van der Waals surface area contributed by atoms with Gasteiger partial charge in [-0.25, -0.2) is 0 Å². The minimum absolute atomic E-state index is 0. The van der Waals surface area contributed by atoms with Crippen LogP contribution in [0.2, 0.25) is 0 Å². The van der Waals surface area contributed by atoms with Gasteiger partial charge < -0.3 is 10.1 Å². The van der Waals surface area contributed by atoms with E-state index in [1.54, 1.807) is 0 Å². The molecule has 3 nitrogen and oxygen atoms in total. The number of carbonyl (C=O) groups is 1. The number of halogens is 1. The normalized spacial score (nSPS) is 9.22. The highest BCUT2D eigenvalue weighted by Gasteiger charge is 2.03. The summed E-state index contributed by atoms with van der Waals surface area (Å²) >= 11 is 0. The number of hydrogen-bond acceptors (Lipinski definition) is 3. The highest BCUT2D eigenvalue weighted by Crippen LogP contribution is 2.10. The Morgan fingerprint density at radius 2 is 1.94 bits per heavy atom. The summed E-state index contributed by atoms with van der Waals surface area (Å²) in [4.78, 5) is 11.3. The number of carbonyl (C=O) groups excluding carboxylic acids is 1. The molecule has 0 atom stereocenters. The van der Waals surface area contributed by atoms with Crippen molar-refractivity contribution in [3.8, 4) is 0 Å². The van der Waals surface area contributed by atoms with Crippen LogP contribution in [-0.2, 0) is 16.0 Å². The van der Waals surface area contributed by atoms with Crippen LogP contribution in [0.3, 0.4) is 0 Å². The van der Waals surface area contributed by atoms with Gasteiger partial charge in [0.05, 0.1) is 13.0 Å². The van der Waals surface area contributed by atoms with Crippen molar-refractivity contribution in [1.82, 2.24) is 0 Å². The molecule has 1 aromatic rings. The third kappa shape index (κ3) is 6.30. The highest BCUT2D eigenvalue weighted by atomic mass is 35.5. The molecule has 0 saturated carbocycles. The quantitative estimate of drug-likeness (QED) is 0.637. The smallest absolute Gasteiger partial charge is 0.310 e. The van der Waals surface area contributed by atoms with E-state index in [2.05, 4.69) is 11.9 Å². The van der Waals surface area contributed by atoms with Crippen molar-refractivity contribution in [1.29, 1.82) is 0 Å². The maximum absolute atomic E-state index is 11.3. The minimum Gasteiger partial charge on any atom is -0.466 e. The monoisotopic (exact) mass is 269 g/mol. The average molecular weight is 270 g/mol. The first-order valence-electron chi connectivity index (χ1n) is 5.74. The minimum atomic E-state index is -0.185. The van der Waals surface area contributed by atoms with Gasteiger partial charge in [-0.1, -0.05) is 24.3 Å². The van der Waals surface area contributed by atoms with Gasteiger partial charge in [-0.15, -0.1) is 12.4 Å². The number of esters is 1. The van der Waals surface area contributed by atoms with E-state index in [4.69, 9.17) is 4.74 Å². The Labute approximate surface area is 115 Å². The second kappa shape index (κ2) is 8.59. The van der Waals surface area contributed by atoms with Gasteiger partial charge in [0.15, 0.2) is 0 Å². The Kier molecular flexibility index (Phi) is 7.88. The summed E-state index contributed by atoms with van der Waals surface area (Å²) in [5.74, 6) is -0.185. The Hall–Kier alpha value is -1.48. The van der Waals surface area contributed by atoms with Gasteiger partial charge in [0.25, 0.3) is 0 Å². The molecule has 0 radical (unpaired) electrons.